The summed E-state index contributed by atoms with van der Waals surface area (Å²) in [6, 6.07) is 7.19. The van der Waals surface area contributed by atoms with Crippen molar-refractivity contribution in [2.24, 2.45) is 5.92 Å². The number of benzene rings is 1. The van der Waals surface area contributed by atoms with E-state index in [2.05, 4.69) is 15.2 Å². The SMILES string of the molecule is COc1cccc(N(Cc2n[nH]c(=O)[nH]2)C(=O)C(C)C)c1. The van der Waals surface area contributed by atoms with Crippen molar-refractivity contribution in [1.29, 1.82) is 0 Å². The molecule has 112 valence electrons. The zero-order chi connectivity index (χ0) is 15.4. The molecule has 2 N–H and O–H groups in total. The van der Waals surface area contributed by atoms with Gasteiger partial charge in [-0.3, -0.25) is 9.78 Å². The molecule has 21 heavy (non-hydrogen) atoms. The topological polar surface area (TPSA) is 91.1 Å². The second kappa shape index (κ2) is 6.25. The van der Waals surface area contributed by atoms with Crippen molar-refractivity contribution in [3.63, 3.8) is 0 Å². The summed E-state index contributed by atoms with van der Waals surface area (Å²) in [5.41, 5.74) is 0.296. The zero-order valence-corrected chi connectivity index (χ0v) is 12.2. The van der Waals surface area contributed by atoms with E-state index in [1.807, 2.05) is 26.0 Å². The summed E-state index contributed by atoms with van der Waals surface area (Å²) in [5.74, 6) is 0.815. The lowest BCUT2D eigenvalue weighted by Crippen LogP contribution is -2.34. The van der Waals surface area contributed by atoms with Crippen molar-refractivity contribution in [2.45, 2.75) is 20.4 Å². The first kappa shape index (κ1) is 14.8. The Morgan fingerprint density at radius 3 is 2.76 bits per heavy atom. The van der Waals surface area contributed by atoms with E-state index in [1.165, 1.54) is 0 Å². The predicted molar refractivity (Wildman–Crippen MR) is 78.2 cm³/mol. The van der Waals surface area contributed by atoms with Crippen molar-refractivity contribution in [2.75, 3.05) is 12.0 Å². The molecule has 0 fully saturated rings. The van der Waals surface area contributed by atoms with Crippen LogP contribution in [0, 0.1) is 5.92 Å². The molecule has 1 aromatic carbocycles. The summed E-state index contributed by atoms with van der Waals surface area (Å²) in [4.78, 5) is 27.6. The van der Waals surface area contributed by atoms with E-state index in [1.54, 1.807) is 24.1 Å². The van der Waals surface area contributed by atoms with Gasteiger partial charge in [-0.1, -0.05) is 19.9 Å². The third-order valence-electron chi connectivity index (χ3n) is 2.98. The molecule has 1 heterocycles. The molecule has 1 amide bonds. The zero-order valence-electron chi connectivity index (χ0n) is 12.2. The number of hydrogen-bond acceptors (Lipinski definition) is 4. The molecule has 0 saturated carbocycles. The molecular weight excluding hydrogens is 272 g/mol. The van der Waals surface area contributed by atoms with Crippen LogP contribution in [0.25, 0.3) is 0 Å². The highest BCUT2D eigenvalue weighted by Gasteiger charge is 2.21. The standard InChI is InChI=1S/C14H18N4O3/c1-9(2)13(19)18(8-12-15-14(20)17-16-12)10-5-4-6-11(7-10)21-3/h4-7,9H,8H2,1-3H3,(H2,15,16,17,20). The fourth-order valence-electron chi connectivity index (χ4n) is 1.92. The first-order valence-electron chi connectivity index (χ1n) is 6.60. The summed E-state index contributed by atoms with van der Waals surface area (Å²) in [6.07, 6.45) is 0. The van der Waals surface area contributed by atoms with Crippen LogP contribution in [0.2, 0.25) is 0 Å². The number of ether oxygens (including phenoxy) is 1. The Morgan fingerprint density at radius 2 is 2.19 bits per heavy atom. The van der Waals surface area contributed by atoms with E-state index in [9.17, 15) is 9.59 Å². The number of H-pyrrole nitrogens is 2. The minimum atomic E-state index is -0.396. The second-order valence-corrected chi connectivity index (χ2v) is 4.90. The van der Waals surface area contributed by atoms with E-state index in [0.29, 0.717) is 17.3 Å². The van der Waals surface area contributed by atoms with Crippen LogP contribution in [-0.2, 0) is 11.3 Å². The predicted octanol–water partition coefficient (Wildman–Crippen LogP) is 1.30. The molecule has 0 spiro atoms. The summed E-state index contributed by atoms with van der Waals surface area (Å²) < 4.78 is 5.18. The molecule has 7 heteroatoms. The highest BCUT2D eigenvalue weighted by molar-refractivity contribution is 5.94. The Labute approximate surface area is 121 Å². The van der Waals surface area contributed by atoms with E-state index >= 15 is 0 Å². The van der Waals surface area contributed by atoms with Crippen molar-refractivity contribution in [1.82, 2.24) is 15.2 Å². The number of hydrogen-bond donors (Lipinski definition) is 2. The number of aromatic nitrogens is 3. The molecule has 0 unspecified atom stereocenters. The van der Waals surface area contributed by atoms with E-state index < -0.39 is 5.69 Å². The lowest BCUT2D eigenvalue weighted by Gasteiger charge is -2.24. The van der Waals surface area contributed by atoms with Gasteiger partial charge in [-0.15, -0.1) is 0 Å². The fraction of sp³-hybridized carbons (Fsp3) is 0.357. The average molecular weight is 290 g/mol. The quantitative estimate of drug-likeness (QED) is 0.868. The second-order valence-electron chi connectivity index (χ2n) is 4.90. The Bertz CT molecular complexity index is 675. The lowest BCUT2D eigenvalue weighted by atomic mass is 10.1. The molecular formula is C14H18N4O3. The first-order valence-corrected chi connectivity index (χ1v) is 6.60. The number of methoxy groups -OCH3 is 1. The number of rotatable bonds is 5. The van der Waals surface area contributed by atoms with Gasteiger partial charge in [0.1, 0.15) is 5.75 Å². The number of carbonyl (C=O) groups is 1. The number of nitrogens with one attached hydrogen (secondary N) is 2. The van der Waals surface area contributed by atoms with Crippen molar-refractivity contribution < 1.29 is 9.53 Å². The van der Waals surface area contributed by atoms with Gasteiger partial charge in [-0.2, -0.15) is 5.10 Å². The van der Waals surface area contributed by atoms with Crippen molar-refractivity contribution in [3.8, 4) is 5.75 Å². The minimum Gasteiger partial charge on any atom is -0.497 e. The van der Waals surface area contributed by atoms with Gasteiger partial charge in [0.15, 0.2) is 5.82 Å². The van der Waals surface area contributed by atoms with Crippen LogP contribution >= 0.6 is 0 Å². The van der Waals surface area contributed by atoms with Crippen LogP contribution < -0.4 is 15.3 Å². The molecule has 0 saturated heterocycles. The number of carbonyl (C=O) groups excluding carboxylic acids is 1. The van der Waals surface area contributed by atoms with E-state index in [0.717, 1.165) is 0 Å². The maximum atomic E-state index is 12.4. The molecule has 2 aromatic rings. The van der Waals surface area contributed by atoms with Crippen LogP contribution in [-0.4, -0.2) is 28.2 Å². The van der Waals surface area contributed by atoms with Gasteiger partial charge < -0.3 is 9.64 Å². The van der Waals surface area contributed by atoms with Gasteiger partial charge in [0.05, 0.1) is 13.7 Å². The van der Waals surface area contributed by atoms with Gasteiger partial charge in [0, 0.05) is 17.7 Å². The van der Waals surface area contributed by atoms with Gasteiger partial charge in [0.25, 0.3) is 0 Å². The highest BCUT2D eigenvalue weighted by Crippen LogP contribution is 2.23. The monoisotopic (exact) mass is 290 g/mol. The van der Waals surface area contributed by atoms with Crippen LogP contribution in [0.15, 0.2) is 29.1 Å². The molecule has 7 nitrogen and oxygen atoms in total. The van der Waals surface area contributed by atoms with Gasteiger partial charge >= 0.3 is 5.69 Å². The maximum Gasteiger partial charge on any atom is 0.340 e. The number of nitrogens with zero attached hydrogens (tertiary/aromatic N) is 2. The van der Waals surface area contributed by atoms with Crippen LogP contribution in [0.3, 0.4) is 0 Å². The summed E-state index contributed by atoms with van der Waals surface area (Å²) in [6.45, 7) is 3.83. The van der Waals surface area contributed by atoms with Crippen molar-refractivity contribution >= 4 is 11.6 Å². The fourth-order valence-corrected chi connectivity index (χ4v) is 1.92. The van der Waals surface area contributed by atoms with Gasteiger partial charge in [-0.25, -0.2) is 9.89 Å². The lowest BCUT2D eigenvalue weighted by molar-refractivity contribution is -0.121. The Morgan fingerprint density at radius 1 is 1.43 bits per heavy atom. The normalized spacial score (nSPS) is 10.7. The van der Waals surface area contributed by atoms with E-state index in [-0.39, 0.29) is 18.4 Å². The molecule has 0 aliphatic carbocycles. The average Bonchev–Trinajstić information content (AvgIpc) is 2.89. The smallest absolute Gasteiger partial charge is 0.340 e. The molecule has 0 aliphatic rings. The molecule has 2 rings (SSSR count). The molecule has 0 atom stereocenters. The Balaban J connectivity index is 2.35. The number of aromatic amines is 2. The number of amides is 1. The third-order valence-corrected chi connectivity index (χ3v) is 2.98. The first-order chi connectivity index (χ1) is 10.0. The van der Waals surface area contributed by atoms with Gasteiger partial charge in [0.2, 0.25) is 5.91 Å². The van der Waals surface area contributed by atoms with Crippen LogP contribution in [0.5, 0.6) is 5.75 Å². The van der Waals surface area contributed by atoms with Crippen molar-refractivity contribution in [3.05, 3.63) is 40.6 Å². The van der Waals surface area contributed by atoms with Crippen LogP contribution in [0.4, 0.5) is 5.69 Å². The summed E-state index contributed by atoms with van der Waals surface area (Å²) >= 11 is 0. The summed E-state index contributed by atoms with van der Waals surface area (Å²) in [7, 11) is 1.57. The molecule has 0 aliphatic heterocycles. The Kier molecular flexibility index (Phi) is 4.42. The minimum absolute atomic E-state index is 0.0629. The third kappa shape index (κ3) is 3.50. The summed E-state index contributed by atoms with van der Waals surface area (Å²) in [5, 5.41) is 6.14. The largest absolute Gasteiger partial charge is 0.497 e. The van der Waals surface area contributed by atoms with Gasteiger partial charge in [-0.05, 0) is 12.1 Å². The van der Waals surface area contributed by atoms with Crippen LogP contribution in [0.1, 0.15) is 19.7 Å². The molecule has 0 bridgehead atoms. The molecule has 1 aromatic heterocycles. The molecule has 0 radical (unpaired) electrons. The number of anilines is 1. The Hall–Kier alpha value is -2.57. The maximum absolute atomic E-state index is 12.4. The van der Waals surface area contributed by atoms with E-state index in [4.69, 9.17) is 4.74 Å². The highest BCUT2D eigenvalue weighted by atomic mass is 16.5.